The minimum absolute atomic E-state index is 0.0209. The van der Waals surface area contributed by atoms with Crippen molar-refractivity contribution in [1.29, 1.82) is 0 Å². The molecule has 1 saturated heterocycles. The zero-order chi connectivity index (χ0) is 17.7. The molecule has 24 heavy (non-hydrogen) atoms. The molecule has 6 nitrogen and oxygen atoms in total. The van der Waals surface area contributed by atoms with Crippen molar-refractivity contribution in [2.75, 3.05) is 13.7 Å². The molecule has 124 valence electrons. The highest BCUT2D eigenvalue weighted by molar-refractivity contribution is 7.80. The van der Waals surface area contributed by atoms with Gasteiger partial charge in [-0.3, -0.25) is 19.8 Å². The van der Waals surface area contributed by atoms with Crippen LogP contribution in [0.5, 0.6) is 11.5 Å². The standard InChI is InChI=1S/C17H16N2O4S/c1-3-9-19-16(22)12(15(21)18-17(19)24)6-4-5-11-7-8-13(20)14(10-11)23-2/h3-8,10,20H,1,9H2,2H3,(H,18,21,24)/b5-4-,12-6+. The summed E-state index contributed by atoms with van der Waals surface area (Å²) in [5, 5.41) is 12.1. The van der Waals surface area contributed by atoms with Gasteiger partial charge in [-0.2, -0.15) is 0 Å². The summed E-state index contributed by atoms with van der Waals surface area (Å²) in [6, 6.07) is 4.80. The molecule has 0 aromatic heterocycles. The Balaban J connectivity index is 2.23. The molecule has 1 aliphatic rings. The fraction of sp³-hybridized carbons (Fsp3) is 0.118. The maximum absolute atomic E-state index is 12.3. The molecule has 0 saturated carbocycles. The van der Waals surface area contributed by atoms with Gasteiger partial charge in [0, 0.05) is 6.54 Å². The SMILES string of the molecule is C=CCN1C(=O)/C(=C/C=C\c2ccc(O)c(OC)c2)C(=O)NC1=S. The molecular weight excluding hydrogens is 328 g/mol. The second kappa shape index (κ2) is 7.56. The molecule has 0 radical (unpaired) electrons. The number of nitrogens with zero attached hydrogens (tertiary/aromatic N) is 1. The number of methoxy groups -OCH3 is 1. The van der Waals surface area contributed by atoms with E-state index in [1.54, 1.807) is 24.3 Å². The molecule has 1 aromatic carbocycles. The van der Waals surface area contributed by atoms with E-state index in [1.807, 2.05) is 0 Å². The highest BCUT2D eigenvalue weighted by Crippen LogP contribution is 2.26. The lowest BCUT2D eigenvalue weighted by Gasteiger charge is -2.27. The van der Waals surface area contributed by atoms with Crippen LogP contribution in [0, 0.1) is 0 Å². The third kappa shape index (κ3) is 3.69. The lowest BCUT2D eigenvalue weighted by Crippen LogP contribution is -2.53. The molecule has 0 spiro atoms. The number of nitrogens with one attached hydrogen (secondary N) is 1. The fourth-order valence-corrected chi connectivity index (χ4v) is 2.31. The van der Waals surface area contributed by atoms with Crippen molar-refractivity contribution in [3.8, 4) is 11.5 Å². The van der Waals surface area contributed by atoms with Gasteiger partial charge >= 0.3 is 0 Å². The van der Waals surface area contributed by atoms with Gasteiger partial charge in [-0.15, -0.1) is 6.58 Å². The Morgan fingerprint density at radius 3 is 2.83 bits per heavy atom. The van der Waals surface area contributed by atoms with Crippen LogP contribution in [0.4, 0.5) is 0 Å². The number of ether oxygens (including phenoxy) is 1. The Kier molecular flexibility index (Phi) is 5.49. The van der Waals surface area contributed by atoms with Crippen LogP contribution >= 0.6 is 12.2 Å². The number of phenols is 1. The first kappa shape index (κ1) is 17.4. The first-order chi connectivity index (χ1) is 11.5. The predicted octanol–water partition coefficient (Wildman–Crippen LogP) is 1.77. The van der Waals surface area contributed by atoms with Gasteiger partial charge in [0.2, 0.25) is 0 Å². The van der Waals surface area contributed by atoms with E-state index in [9.17, 15) is 14.7 Å². The van der Waals surface area contributed by atoms with E-state index in [0.29, 0.717) is 5.75 Å². The molecule has 0 atom stereocenters. The Bertz CT molecular complexity index is 768. The lowest BCUT2D eigenvalue weighted by molar-refractivity contribution is -0.128. The van der Waals surface area contributed by atoms with E-state index in [0.717, 1.165) is 5.56 Å². The molecule has 2 amide bonds. The zero-order valence-corrected chi connectivity index (χ0v) is 13.8. The number of carbonyl (C=O) groups is 2. The minimum Gasteiger partial charge on any atom is -0.504 e. The van der Waals surface area contributed by atoms with E-state index in [2.05, 4.69) is 11.9 Å². The predicted molar refractivity (Wildman–Crippen MR) is 94.4 cm³/mol. The van der Waals surface area contributed by atoms with Gasteiger partial charge < -0.3 is 9.84 Å². The number of hydrogen-bond acceptors (Lipinski definition) is 5. The normalized spacial score (nSPS) is 16.6. The maximum atomic E-state index is 12.3. The topological polar surface area (TPSA) is 78.9 Å². The molecule has 0 bridgehead atoms. The minimum atomic E-state index is -0.543. The van der Waals surface area contributed by atoms with Crippen LogP contribution in [0.3, 0.4) is 0 Å². The number of thiocarbonyl (C=S) groups is 1. The van der Waals surface area contributed by atoms with Crippen LogP contribution in [-0.4, -0.2) is 40.6 Å². The van der Waals surface area contributed by atoms with Crippen LogP contribution in [-0.2, 0) is 9.59 Å². The van der Waals surface area contributed by atoms with Crippen molar-refractivity contribution < 1.29 is 19.4 Å². The van der Waals surface area contributed by atoms with Gasteiger partial charge in [-0.05, 0) is 36.0 Å². The monoisotopic (exact) mass is 344 g/mol. The third-order valence-electron chi connectivity index (χ3n) is 3.25. The fourth-order valence-electron chi connectivity index (χ4n) is 2.06. The smallest absolute Gasteiger partial charge is 0.265 e. The van der Waals surface area contributed by atoms with Crippen molar-refractivity contribution in [2.24, 2.45) is 0 Å². The third-order valence-corrected chi connectivity index (χ3v) is 3.58. The highest BCUT2D eigenvalue weighted by atomic mass is 32.1. The summed E-state index contributed by atoms with van der Waals surface area (Å²) in [5.41, 5.74) is 0.719. The van der Waals surface area contributed by atoms with E-state index in [-0.39, 0.29) is 23.0 Å². The molecule has 2 N–H and O–H groups in total. The van der Waals surface area contributed by atoms with Crippen molar-refractivity contribution in [3.63, 3.8) is 0 Å². The van der Waals surface area contributed by atoms with Crippen molar-refractivity contribution in [3.05, 3.63) is 54.1 Å². The molecule has 1 aromatic rings. The maximum Gasteiger partial charge on any atom is 0.265 e. The van der Waals surface area contributed by atoms with Crippen molar-refractivity contribution in [1.82, 2.24) is 10.2 Å². The van der Waals surface area contributed by atoms with E-state index in [1.165, 1.54) is 30.2 Å². The van der Waals surface area contributed by atoms with Crippen molar-refractivity contribution in [2.45, 2.75) is 0 Å². The number of rotatable bonds is 5. The van der Waals surface area contributed by atoms with E-state index >= 15 is 0 Å². The number of carbonyl (C=O) groups excluding carboxylic acids is 2. The van der Waals surface area contributed by atoms with Gasteiger partial charge in [0.05, 0.1) is 7.11 Å². The summed E-state index contributed by atoms with van der Waals surface area (Å²) in [6.45, 7) is 3.78. The summed E-state index contributed by atoms with van der Waals surface area (Å²) in [4.78, 5) is 25.5. The van der Waals surface area contributed by atoms with Crippen molar-refractivity contribution >= 4 is 35.2 Å². The van der Waals surface area contributed by atoms with Crippen LogP contribution in [0.25, 0.3) is 6.08 Å². The van der Waals surface area contributed by atoms with Crippen LogP contribution in [0.2, 0.25) is 0 Å². The first-order valence-corrected chi connectivity index (χ1v) is 7.42. The Morgan fingerprint density at radius 2 is 2.17 bits per heavy atom. The molecule has 1 heterocycles. The van der Waals surface area contributed by atoms with Gasteiger partial charge in [-0.1, -0.05) is 24.3 Å². The molecule has 0 aliphatic carbocycles. The second-order valence-corrected chi connectivity index (χ2v) is 5.22. The van der Waals surface area contributed by atoms with Crippen LogP contribution in [0.15, 0.2) is 48.6 Å². The van der Waals surface area contributed by atoms with Gasteiger partial charge in [-0.25, -0.2) is 0 Å². The Labute approximate surface area is 144 Å². The number of aromatic hydroxyl groups is 1. The van der Waals surface area contributed by atoms with E-state index < -0.39 is 11.8 Å². The average molecular weight is 344 g/mol. The number of allylic oxidation sites excluding steroid dienone is 2. The zero-order valence-electron chi connectivity index (χ0n) is 13.0. The highest BCUT2D eigenvalue weighted by Gasteiger charge is 2.31. The van der Waals surface area contributed by atoms with Crippen LogP contribution in [0.1, 0.15) is 5.56 Å². The Hall–Kier alpha value is -2.93. The molecule has 0 unspecified atom stereocenters. The number of benzene rings is 1. The van der Waals surface area contributed by atoms with Gasteiger partial charge in [0.15, 0.2) is 16.6 Å². The Morgan fingerprint density at radius 1 is 1.42 bits per heavy atom. The largest absolute Gasteiger partial charge is 0.504 e. The summed E-state index contributed by atoms with van der Waals surface area (Å²) in [7, 11) is 1.45. The number of amides is 2. The van der Waals surface area contributed by atoms with Gasteiger partial charge in [0.25, 0.3) is 11.8 Å². The average Bonchev–Trinajstić information content (AvgIpc) is 2.56. The molecular formula is C17H16N2O4S. The quantitative estimate of drug-likeness (QED) is 0.368. The lowest BCUT2D eigenvalue weighted by atomic mass is 10.1. The van der Waals surface area contributed by atoms with E-state index in [4.69, 9.17) is 17.0 Å². The molecule has 1 fully saturated rings. The first-order valence-electron chi connectivity index (χ1n) is 7.01. The summed E-state index contributed by atoms with van der Waals surface area (Å²) in [5.74, 6) is -0.656. The second-order valence-electron chi connectivity index (χ2n) is 4.83. The number of phenolic OH excluding ortho intramolecular Hbond substituents is 1. The molecule has 2 rings (SSSR count). The van der Waals surface area contributed by atoms with Gasteiger partial charge in [0.1, 0.15) is 5.57 Å². The summed E-state index contributed by atoms with van der Waals surface area (Å²) >= 11 is 4.97. The number of hydrogen-bond donors (Lipinski definition) is 2. The summed E-state index contributed by atoms with van der Waals surface area (Å²) < 4.78 is 5.02. The van der Waals surface area contributed by atoms with Crippen LogP contribution < -0.4 is 10.1 Å². The molecule has 7 heteroatoms. The molecule has 1 aliphatic heterocycles. The summed E-state index contributed by atoms with van der Waals surface area (Å²) in [6.07, 6.45) is 6.19.